The first-order chi connectivity index (χ1) is 14.2. The summed E-state index contributed by atoms with van der Waals surface area (Å²) >= 11 is 0. The maximum absolute atomic E-state index is 12.3. The van der Waals surface area contributed by atoms with Gasteiger partial charge in [-0.1, -0.05) is 6.07 Å². The van der Waals surface area contributed by atoms with Crippen LogP contribution in [0.25, 0.3) is 0 Å². The van der Waals surface area contributed by atoms with Crippen molar-refractivity contribution >= 4 is 11.7 Å². The predicted molar refractivity (Wildman–Crippen MR) is 107 cm³/mol. The monoisotopic (exact) mass is 395 g/mol. The van der Waals surface area contributed by atoms with Crippen LogP contribution in [0.3, 0.4) is 0 Å². The Hall–Kier alpha value is -2.87. The summed E-state index contributed by atoms with van der Waals surface area (Å²) in [5.74, 6) is 3.08. The summed E-state index contributed by atoms with van der Waals surface area (Å²) in [5.41, 5.74) is 2.12. The van der Waals surface area contributed by atoms with Gasteiger partial charge in [0.15, 0.2) is 17.3 Å². The minimum atomic E-state index is 0.0321. The lowest BCUT2D eigenvalue weighted by atomic mass is 10.2. The highest BCUT2D eigenvalue weighted by Crippen LogP contribution is 2.38. The van der Waals surface area contributed by atoms with E-state index < -0.39 is 0 Å². The van der Waals surface area contributed by atoms with Crippen LogP contribution in [0.15, 0.2) is 30.3 Å². The van der Waals surface area contributed by atoms with Crippen LogP contribution < -0.4 is 19.7 Å². The molecule has 0 atom stereocenters. The van der Waals surface area contributed by atoms with Crippen molar-refractivity contribution in [2.75, 3.05) is 44.4 Å². The highest BCUT2D eigenvalue weighted by molar-refractivity contribution is 5.78. The summed E-state index contributed by atoms with van der Waals surface area (Å²) in [6.45, 7) is 4.53. The van der Waals surface area contributed by atoms with E-state index in [4.69, 9.17) is 9.47 Å². The smallest absolute Gasteiger partial charge is 0.234 e. The van der Waals surface area contributed by atoms with Crippen LogP contribution in [0.4, 0.5) is 5.82 Å². The fourth-order valence-corrected chi connectivity index (χ4v) is 3.75. The van der Waals surface area contributed by atoms with E-state index in [-0.39, 0.29) is 12.7 Å². The molecule has 152 valence electrons. The number of ether oxygens (including phenoxy) is 2. The summed E-state index contributed by atoms with van der Waals surface area (Å²) in [7, 11) is 0. The average molecular weight is 395 g/mol. The Labute approximate surface area is 169 Å². The van der Waals surface area contributed by atoms with Crippen molar-refractivity contribution in [1.82, 2.24) is 20.4 Å². The number of carbonyl (C=O) groups is 1. The number of rotatable bonds is 6. The molecule has 1 aromatic heterocycles. The van der Waals surface area contributed by atoms with Gasteiger partial charge in [-0.15, -0.1) is 5.10 Å². The number of hydrogen-bond acceptors (Lipinski definition) is 7. The molecule has 1 aliphatic carbocycles. The van der Waals surface area contributed by atoms with Crippen molar-refractivity contribution < 1.29 is 14.3 Å². The Morgan fingerprint density at radius 1 is 1.03 bits per heavy atom. The second kappa shape index (κ2) is 7.87. The van der Waals surface area contributed by atoms with Gasteiger partial charge >= 0.3 is 0 Å². The zero-order chi connectivity index (χ0) is 19.6. The molecule has 0 spiro atoms. The first kappa shape index (κ1) is 18.2. The first-order valence-corrected chi connectivity index (χ1v) is 10.2. The number of hydrogen-bond donors (Lipinski definition) is 1. The van der Waals surface area contributed by atoms with E-state index in [0.717, 1.165) is 54.8 Å². The molecule has 0 radical (unpaired) electrons. The topological polar surface area (TPSA) is 79.8 Å². The standard InChI is InChI=1S/C21H25N5O3/c27-21(22-12-15-1-5-18-19(11-15)29-14-28-18)13-25-7-9-26(10-8-25)20-6-4-17(23-24-20)16-2-3-16/h1,4-6,11,16H,2-3,7-10,12-14H2,(H,22,27). The molecule has 1 aromatic carbocycles. The van der Waals surface area contributed by atoms with Crippen LogP contribution >= 0.6 is 0 Å². The van der Waals surface area contributed by atoms with Crippen molar-refractivity contribution in [2.45, 2.75) is 25.3 Å². The maximum Gasteiger partial charge on any atom is 0.234 e. The zero-order valence-electron chi connectivity index (χ0n) is 16.3. The van der Waals surface area contributed by atoms with Crippen LogP contribution in [0.5, 0.6) is 11.5 Å². The lowest BCUT2D eigenvalue weighted by molar-refractivity contribution is -0.122. The third kappa shape index (κ3) is 4.27. The van der Waals surface area contributed by atoms with E-state index in [1.807, 2.05) is 18.2 Å². The second-order valence-electron chi connectivity index (χ2n) is 7.82. The highest BCUT2D eigenvalue weighted by Gasteiger charge is 2.26. The normalized spacial score (nSPS) is 18.7. The Balaban J connectivity index is 1.06. The van der Waals surface area contributed by atoms with Gasteiger partial charge in [-0.2, -0.15) is 5.10 Å². The molecular formula is C21H25N5O3. The lowest BCUT2D eigenvalue weighted by Crippen LogP contribution is -2.49. The number of nitrogens with zero attached hydrogens (tertiary/aromatic N) is 4. The van der Waals surface area contributed by atoms with Gasteiger partial charge in [0.05, 0.1) is 12.2 Å². The van der Waals surface area contributed by atoms with Crippen LogP contribution in [-0.4, -0.2) is 60.5 Å². The number of piperazine rings is 1. The summed E-state index contributed by atoms with van der Waals surface area (Å²) in [5, 5.41) is 11.8. The summed E-state index contributed by atoms with van der Waals surface area (Å²) in [6.07, 6.45) is 2.48. The van der Waals surface area contributed by atoms with E-state index in [1.54, 1.807) is 0 Å². The van der Waals surface area contributed by atoms with E-state index in [0.29, 0.717) is 19.0 Å². The molecule has 29 heavy (non-hydrogen) atoms. The van der Waals surface area contributed by atoms with Gasteiger partial charge < -0.3 is 19.7 Å². The third-order valence-electron chi connectivity index (χ3n) is 5.66. The molecule has 5 rings (SSSR count). The predicted octanol–water partition coefficient (Wildman–Crippen LogP) is 1.52. The molecule has 1 N–H and O–H groups in total. The number of anilines is 1. The molecule has 3 aliphatic rings. The molecule has 1 saturated heterocycles. The van der Waals surface area contributed by atoms with Crippen LogP contribution in [0.1, 0.15) is 30.0 Å². The number of aromatic nitrogens is 2. The fraction of sp³-hybridized carbons (Fsp3) is 0.476. The van der Waals surface area contributed by atoms with Crippen molar-refractivity contribution in [3.05, 3.63) is 41.6 Å². The Kier molecular flexibility index (Phi) is 4.93. The number of carbonyl (C=O) groups excluding carboxylic acids is 1. The van der Waals surface area contributed by atoms with Crippen LogP contribution in [-0.2, 0) is 11.3 Å². The Morgan fingerprint density at radius 2 is 1.86 bits per heavy atom. The fourth-order valence-electron chi connectivity index (χ4n) is 3.75. The molecule has 8 heteroatoms. The first-order valence-electron chi connectivity index (χ1n) is 10.2. The van der Waals surface area contributed by atoms with E-state index in [9.17, 15) is 4.79 Å². The molecule has 3 heterocycles. The minimum absolute atomic E-state index is 0.0321. The van der Waals surface area contributed by atoms with Crippen molar-refractivity contribution in [1.29, 1.82) is 0 Å². The Morgan fingerprint density at radius 3 is 2.62 bits per heavy atom. The summed E-state index contributed by atoms with van der Waals surface area (Å²) < 4.78 is 10.7. The van der Waals surface area contributed by atoms with Gasteiger partial charge in [-0.05, 0) is 42.7 Å². The van der Waals surface area contributed by atoms with Gasteiger partial charge in [0.2, 0.25) is 12.7 Å². The van der Waals surface area contributed by atoms with Gasteiger partial charge in [0.1, 0.15) is 0 Å². The van der Waals surface area contributed by atoms with Crippen LogP contribution in [0.2, 0.25) is 0 Å². The molecular weight excluding hydrogens is 370 g/mol. The SMILES string of the molecule is O=C(CN1CCN(c2ccc(C3CC3)nn2)CC1)NCc1ccc2c(c1)OCO2. The molecule has 0 unspecified atom stereocenters. The molecule has 8 nitrogen and oxygen atoms in total. The zero-order valence-corrected chi connectivity index (χ0v) is 16.3. The van der Waals surface area contributed by atoms with Gasteiger partial charge in [0.25, 0.3) is 0 Å². The van der Waals surface area contributed by atoms with Gasteiger partial charge in [-0.3, -0.25) is 9.69 Å². The molecule has 0 bridgehead atoms. The third-order valence-corrected chi connectivity index (χ3v) is 5.66. The van der Waals surface area contributed by atoms with Crippen molar-refractivity contribution in [3.8, 4) is 11.5 Å². The molecule has 2 fully saturated rings. The van der Waals surface area contributed by atoms with Gasteiger partial charge in [0, 0.05) is 38.6 Å². The number of amides is 1. The number of fused-ring (bicyclic) bond motifs is 1. The summed E-state index contributed by atoms with van der Waals surface area (Å²) in [4.78, 5) is 16.8. The van der Waals surface area contributed by atoms with Crippen LogP contribution in [0, 0.1) is 0 Å². The highest BCUT2D eigenvalue weighted by atomic mass is 16.7. The van der Waals surface area contributed by atoms with Crippen molar-refractivity contribution in [2.24, 2.45) is 0 Å². The molecule has 2 aliphatic heterocycles. The molecule has 1 amide bonds. The minimum Gasteiger partial charge on any atom is -0.454 e. The van der Waals surface area contributed by atoms with Gasteiger partial charge in [-0.25, -0.2) is 0 Å². The average Bonchev–Trinajstić information content (AvgIpc) is 3.50. The number of benzene rings is 1. The quantitative estimate of drug-likeness (QED) is 0.794. The maximum atomic E-state index is 12.3. The van der Waals surface area contributed by atoms with E-state index in [1.165, 1.54) is 12.8 Å². The Bertz CT molecular complexity index is 876. The van der Waals surface area contributed by atoms with E-state index >= 15 is 0 Å². The van der Waals surface area contributed by atoms with E-state index in [2.05, 4.69) is 37.4 Å². The largest absolute Gasteiger partial charge is 0.454 e. The molecule has 2 aromatic rings. The van der Waals surface area contributed by atoms with Crippen molar-refractivity contribution in [3.63, 3.8) is 0 Å². The summed E-state index contributed by atoms with van der Waals surface area (Å²) in [6, 6.07) is 9.92. The number of nitrogens with one attached hydrogen (secondary N) is 1. The second-order valence-corrected chi connectivity index (χ2v) is 7.82. The molecule has 1 saturated carbocycles. The lowest BCUT2D eigenvalue weighted by Gasteiger charge is -2.34.